The molecule has 4 rings (SSSR count). The average Bonchev–Trinajstić information content (AvgIpc) is 3.40. The van der Waals surface area contributed by atoms with Crippen LogP contribution in [0, 0.1) is 0 Å². The fourth-order valence-corrected chi connectivity index (χ4v) is 4.47. The zero-order valence-corrected chi connectivity index (χ0v) is 16.7. The quantitative estimate of drug-likeness (QED) is 0.530. The van der Waals surface area contributed by atoms with Crippen LogP contribution in [0.1, 0.15) is 36.8 Å². The largest absolute Gasteiger partial charge is 0.372 e. The summed E-state index contributed by atoms with van der Waals surface area (Å²) in [4.78, 5) is 3.72. The standard InChI is InChI=1S/C23H25N3S/c1-3-25(4-2)19-14-12-18(13-15-19)21-17-22(23-11-8-16-27-23)26(24-21)20-9-6-5-7-10-20/h5-16,22H,3-4,17H2,1-2H3. The van der Waals surface area contributed by atoms with Crippen LogP contribution in [0.25, 0.3) is 0 Å². The summed E-state index contributed by atoms with van der Waals surface area (Å²) in [7, 11) is 0. The number of para-hydroxylation sites is 1. The highest BCUT2D eigenvalue weighted by Crippen LogP contribution is 2.38. The predicted molar refractivity (Wildman–Crippen MR) is 117 cm³/mol. The number of benzene rings is 2. The molecule has 0 radical (unpaired) electrons. The summed E-state index contributed by atoms with van der Waals surface area (Å²) in [6.45, 7) is 6.45. The van der Waals surface area contributed by atoms with Gasteiger partial charge in [0, 0.05) is 30.1 Å². The first kappa shape index (κ1) is 17.8. The van der Waals surface area contributed by atoms with Crippen LogP contribution in [-0.4, -0.2) is 18.8 Å². The molecule has 0 bridgehead atoms. The number of thiophene rings is 1. The van der Waals surface area contributed by atoms with E-state index in [4.69, 9.17) is 5.10 Å². The van der Waals surface area contributed by atoms with Crippen molar-refractivity contribution < 1.29 is 0 Å². The Balaban J connectivity index is 1.65. The topological polar surface area (TPSA) is 18.8 Å². The van der Waals surface area contributed by atoms with Gasteiger partial charge < -0.3 is 4.90 Å². The van der Waals surface area contributed by atoms with Crippen LogP contribution in [-0.2, 0) is 0 Å². The Hall–Kier alpha value is -2.59. The molecule has 4 heteroatoms. The molecule has 27 heavy (non-hydrogen) atoms. The number of nitrogens with zero attached hydrogens (tertiary/aromatic N) is 3. The van der Waals surface area contributed by atoms with Crippen molar-refractivity contribution in [2.75, 3.05) is 23.0 Å². The van der Waals surface area contributed by atoms with Gasteiger partial charge in [-0.3, -0.25) is 5.01 Å². The number of hydrogen-bond donors (Lipinski definition) is 0. The molecule has 0 spiro atoms. The Kier molecular flexibility index (Phi) is 5.26. The zero-order valence-electron chi connectivity index (χ0n) is 15.9. The molecule has 3 aromatic rings. The van der Waals surface area contributed by atoms with Crippen molar-refractivity contribution in [1.29, 1.82) is 0 Å². The molecule has 1 unspecified atom stereocenters. The zero-order chi connectivity index (χ0) is 18.6. The lowest BCUT2D eigenvalue weighted by atomic mass is 10.0. The van der Waals surface area contributed by atoms with E-state index in [-0.39, 0.29) is 6.04 Å². The van der Waals surface area contributed by atoms with Crippen LogP contribution in [0.15, 0.2) is 77.2 Å². The maximum Gasteiger partial charge on any atom is 0.0923 e. The van der Waals surface area contributed by atoms with E-state index in [1.807, 2.05) is 0 Å². The van der Waals surface area contributed by atoms with Crippen molar-refractivity contribution in [3.63, 3.8) is 0 Å². The van der Waals surface area contributed by atoms with Crippen molar-refractivity contribution in [3.8, 4) is 0 Å². The van der Waals surface area contributed by atoms with E-state index in [1.165, 1.54) is 16.1 Å². The van der Waals surface area contributed by atoms with Gasteiger partial charge in [0.25, 0.3) is 0 Å². The Morgan fingerprint density at radius 3 is 2.33 bits per heavy atom. The molecule has 0 saturated carbocycles. The molecule has 0 fully saturated rings. The van der Waals surface area contributed by atoms with Gasteiger partial charge >= 0.3 is 0 Å². The molecule has 138 valence electrons. The van der Waals surface area contributed by atoms with Crippen molar-refractivity contribution >= 4 is 28.4 Å². The third kappa shape index (κ3) is 3.62. The van der Waals surface area contributed by atoms with E-state index in [1.54, 1.807) is 11.3 Å². The van der Waals surface area contributed by atoms with Crippen molar-refractivity contribution in [1.82, 2.24) is 0 Å². The minimum atomic E-state index is 0.268. The minimum absolute atomic E-state index is 0.268. The number of anilines is 2. The molecule has 1 aromatic heterocycles. The van der Waals surface area contributed by atoms with Crippen LogP contribution >= 0.6 is 11.3 Å². The van der Waals surface area contributed by atoms with E-state index in [2.05, 4.69) is 95.9 Å². The Morgan fingerprint density at radius 1 is 0.963 bits per heavy atom. The molecule has 2 heterocycles. The summed E-state index contributed by atoms with van der Waals surface area (Å²) in [5.74, 6) is 0. The summed E-state index contributed by atoms with van der Waals surface area (Å²) in [6.07, 6.45) is 0.931. The average molecular weight is 376 g/mol. The molecule has 1 aliphatic rings. The summed E-state index contributed by atoms with van der Waals surface area (Å²) in [5, 5.41) is 9.35. The highest BCUT2D eigenvalue weighted by atomic mass is 32.1. The molecule has 1 atom stereocenters. The van der Waals surface area contributed by atoms with E-state index < -0.39 is 0 Å². The first-order valence-corrected chi connectivity index (χ1v) is 10.5. The maximum absolute atomic E-state index is 5.02. The molecule has 2 aromatic carbocycles. The lowest BCUT2D eigenvalue weighted by Gasteiger charge is -2.22. The lowest BCUT2D eigenvalue weighted by molar-refractivity contribution is 0.722. The smallest absolute Gasteiger partial charge is 0.0923 e. The van der Waals surface area contributed by atoms with Crippen LogP contribution in [0.3, 0.4) is 0 Å². The molecule has 3 nitrogen and oxygen atoms in total. The lowest BCUT2D eigenvalue weighted by Crippen LogP contribution is -2.21. The normalized spacial score (nSPS) is 16.4. The van der Waals surface area contributed by atoms with Crippen LogP contribution in [0.2, 0.25) is 0 Å². The molecule has 0 amide bonds. The SMILES string of the molecule is CCN(CC)c1ccc(C2=NN(c3ccccc3)C(c3cccs3)C2)cc1. The maximum atomic E-state index is 5.02. The Morgan fingerprint density at radius 2 is 1.70 bits per heavy atom. The molecular formula is C23H25N3S. The van der Waals surface area contributed by atoms with Gasteiger partial charge in [-0.2, -0.15) is 5.10 Å². The highest BCUT2D eigenvalue weighted by molar-refractivity contribution is 7.10. The van der Waals surface area contributed by atoms with Gasteiger partial charge in [-0.15, -0.1) is 11.3 Å². The molecule has 1 aliphatic heterocycles. The van der Waals surface area contributed by atoms with Crippen LogP contribution < -0.4 is 9.91 Å². The van der Waals surface area contributed by atoms with E-state index in [9.17, 15) is 0 Å². The predicted octanol–water partition coefficient (Wildman–Crippen LogP) is 5.95. The fourth-order valence-electron chi connectivity index (χ4n) is 3.66. The molecule has 0 N–H and O–H groups in total. The third-order valence-electron chi connectivity index (χ3n) is 5.13. The van der Waals surface area contributed by atoms with Crippen molar-refractivity contribution in [3.05, 3.63) is 82.6 Å². The van der Waals surface area contributed by atoms with Crippen molar-refractivity contribution in [2.24, 2.45) is 5.10 Å². The van der Waals surface area contributed by atoms with E-state index >= 15 is 0 Å². The number of rotatable bonds is 6. The summed E-state index contributed by atoms with van der Waals surface area (Å²) < 4.78 is 0. The van der Waals surface area contributed by atoms with Gasteiger partial charge in [0.15, 0.2) is 0 Å². The van der Waals surface area contributed by atoms with Crippen LogP contribution in [0.4, 0.5) is 11.4 Å². The monoisotopic (exact) mass is 375 g/mol. The summed E-state index contributed by atoms with van der Waals surface area (Å²) in [6, 6.07) is 24.0. The third-order valence-corrected chi connectivity index (χ3v) is 6.11. The van der Waals surface area contributed by atoms with Crippen LogP contribution in [0.5, 0.6) is 0 Å². The van der Waals surface area contributed by atoms with Gasteiger partial charge in [0.2, 0.25) is 0 Å². The van der Waals surface area contributed by atoms with Gasteiger partial charge in [0.1, 0.15) is 0 Å². The first-order chi connectivity index (χ1) is 13.3. The van der Waals surface area contributed by atoms with E-state index in [0.717, 1.165) is 30.9 Å². The summed E-state index contributed by atoms with van der Waals surface area (Å²) >= 11 is 1.81. The Bertz CT molecular complexity index is 881. The second-order valence-electron chi connectivity index (χ2n) is 6.68. The fraction of sp³-hybridized carbons (Fsp3) is 0.261. The second kappa shape index (κ2) is 7.97. The highest BCUT2D eigenvalue weighted by Gasteiger charge is 2.30. The molecule has 0 aliphatic carbocycles. The number of hydrogen-bond acceptors (Lipinski definition) is 4. The van der Waals surface area contributed by atoms with Gasteiger partial charge in [-0.25, -0.2) is 0 Å². The molecule has 0 saturated heterocycles. The number of hydrazone groups is 1. The minimum Gasteiger partial charge on any atom is -0.372 e. The van der Waals surface area contributed by atoms with Gasteiger partial charge in [-0.05, 0) is 55.1 Å². The summed E-state index contributed by atoms with van der Waals surface area (Å²) in [5.41, 5.74) is 4.79. The second-order valence-corrected chi connectivity index (χ2v) is 7.66. The Labute approximate surface area is 165 Å². The molecular weight excluding hydrogens is 350 g/mol. The van der Waals surface area contributed by atoms with Crippen molar-refractivity contribution in [2.45, 2.75) is 26.3 Å². The van der Waals surface area contributed by atoms with E-state index in [0.29, 0.717) is 0 Å². The van der Waals surface area contributed by atoms with Gasteiger partial charge in [-0.1, -0.05) is 36.4 Å². The first-order valence-electron chi connectivity index (χ1n) is 9.60. The van der Waals surface area contributed by atoms with Gasteiger partial charge in [0.05, 0.1) is 17.4 Å².